The smallest absolute Gasteiger partial charge is 0.351 e. The van der Waals surface area contributed by atoms with Crippen LogP contribution in [0.25, 0.3) is 11.0 Å². The summed E-state index contributed by atoms with van der Waals surface area (Å²) in [7, 11) is 0. The largest absolute Gasteiger partial charge is 0.505 e. The maximum atomic E-state index is 11.9. The van der Waals surface area contributed by atoms with Gasteiger partial charge >= 0.3 is 11.6 Å². The summed E-state index contributed by atoms with van der Waals surface area (Å²) in [5.74, 6) is -0.960. The molecule has 3 aromatic rings. The van der Waals surface area contributed by atoms with Crippen LogP contribution in [0.2, 0.25) is 0 Å². The van der Waals surface area contributed by atoms with Gasteiger partial charge in [-0.3, -0.25) is 0 Å². The Labute approximate surface area is 142 Å². The van der Waals surface area contributed by atoms with E-state index < -0.39 is 11.6 Å². The molecular weight excluding hydrogens is 324 g/mol. The lowest BCUT2D eigenvalue weighted by Crippen LogP contribution is -2.16. The van der Waals surface area contributed by atoms with Crippen molar-refractivity contribution in [1.29, 1.82) is 0 Å². The molecule has 0 fully saturated rings. The molecule has 0 saturated heterocycles. The van der Waals surface area contributed by atoms with E-state index in [0.29, 0.717) is 11.1 Å². The number of carbonyl (C=O) groups is 1. The lowest BCUT2D eigenvalue weighted by atomic mass is 10.1. The van der Waals surface area contributed by atoms with Crippen molar-refractivity contribution in [2.45, 2.75) is 6.92 Å². The zero-order chi connectivity index (χ0) is 17.8. The van der Waals surface area contributed by atoms with E-state index in [9.17, 15) is 14.7 Å². The maximum absolute atomic E-state index is 11.9. The Bertz CT molecular complexity index is 1010. The summed E-state index contributed by atoms with van der Waals surface area (Å²) in [4.78, 5) is 23.7. The number of hydrogen-bond acceptors (Lipinski definition) is 7. The van der Waals surface area contributed by atoms with Crippen molar-refractivity contribution >= 4 is 28.3 Å². The molecule has 126 valence electrons. The van der Waals surface area contributed by atoms with E-state index in [1.807, 2.05) is 18.2 Å². The third-order valence-electron chi connectivity index (χ3n) is 3.35. The minimum absolute atomic E-state index is 0.134. The second-order valence-corrected chi connectivity index (χ2v) is 5.08. The molecule has 0 radical (unpaired) electrons. The van der Waals surface area contributed by atoms with Crippen molar-refractivity contribution in [2.24, 2.45) is 10.2 Å². The van der Waals surface area contributed by atoms with Crippen molar-refractivity contribution in [3.8, 4) is 5.75 Å². The summed E-state index contributed by atoms with van der Waals surface area (Å²) in [6.45, 7) is 1.78. The highest BCUT2D eigenvalue weighted by Crippen LogP contribution is 2.32. The Morgan fingerprint density at radius 2 is 1.92 bits per heavy atom. The third kappa shape index (κ3) is 3.55. The van der Waals surface area contributed by atoms with Gasteiger partial charge in [0.05, 0.1) is 12.3 Å². The minimum atomic E-state index is -0.830. The fourth-order valence-corrected chi connectivity index (χ4v) is 2.18. The lowest BCUT2D eigenvalue weighted by molar-refractivity contribution is 0.0522. The zero-order valence-corrected chi connectivity index (χ0v) is 13.3. The number of aromatic hydroxyl groups is 1. The molecule has 0 bridgehead atoms. The number of carbonyl (C=O) groups excluding carboxylic acids is 1. The Hall–Kier alpha value is -3.48. The van der Waals surface area contributed by atoms with E-state index in [0.717, 1.165) is 0 Å². The van der Waals surface area contributed by atoms with Gasteiger partial charge in [-0.2, -0.15) is 5.11 Å². The van der Waals surface area contributed by atoms with Crippen LogP contribution >= 0.6 is 0 Å². The highest BCUT2D eigenvalue weighted by molar-refractivity contribution is 5.94. The van der Waals surface area contributed by atoms with Gasteiger partial charge in [0.2, 0.25) is 0 Å². The molecule has 0 atom stereocenters. The minimum Gasteiger partial charge on any atom is -0.505 e. The summed E-state index contributed by atoms with van der Waals surface area (Å²) < 4.78 is 9.90. The van der Waals surface area contributed by atoms with Crippen LogP contribution in [0.4, 0.5) is 11.4 Å². The number of hydrogen-bond donors (Lipinski definition) is 1. The Kier molecular flexibility index (Phi) is 4.56. The van der Waals surface area contributed by atoms with Gasteiger partial charge in [0.1, 0.15) is 22.6 Å². The second kappa shape index (κ2) is 6.96. The molecule has 0 saturated carbocycles. The first-order valence-corrected chi connectivity index (χ1v) is 7.53. The molecule has 0 aliphatic rings. The molecule has 7 nitrogen and oxygen atoms in total. The number of phenols is 1. The summed E-state index contributed by atoms with van der Waals surface area (Å²) in [6, 6.07) is 13.1. The monoisotopic (exact) mass is 338 g/mol. The molecule has 25 heavy (non-hydrogen) atoms. The van der Waals surface area contributed by atoms with Crippen molar-refractivity contribution < 1.29 is 19.1 Å². The molecule has 0 aliphatic heterocycles. The SMILES string of the molecule is CCOC(=O)c1cc2cc(/N=N/c3ccccc3)c(O)cc2oc1=O. The Morgan fingerprint density at radius 3 is 2.64 bits per heavy atom. The summed E-state index contributed by atoms with van der Waals surface area (Å²) in [5.41, 5.74) is -0.113. The van der Waals surface area contributed by atoms with Gasteiger partial charge in [-0.25, -0.2) is 9.59 Å². The molecule has 1 N–H and O–H groups in total. The highest BCUT2D eigenvalue weighted by atomic mass is 16.5. The number of nitrogens with zero attached hydrogens (tertiary/aromatic N) is 2. The molecule has 1 aromatic heterocycles. The average molecular weight is 338 g/mol. The van der Waals surface area contributed by atoms with Crippen LogP contribution in [0.3, 0.4) is 0 Å². The van der Waals surface area contributed by atoms with Crippen LogP contribution in [-0.2, 0) is 4.74 Å². The Morgan fingerprint density at radius 1 is 1.16 bits per heavy atom. The average Bonchev–Trinajstić information content (AvgIpc) is 2.60. The molecule has 0 unspecified atom stereocenters. The topological polar surface area (TPSA) is 101 Å². The predicted molar refractivity (Wildman–Crippen MR) is 90.7 cm³/mol. The summed E-state index contributed by atoms with van der Waals surface area (Å²) in [5, 5.41) is 18.5. The number of azo groups is 1. The van der Waals surface area contributed by atoms with E-state index in [4.69, 9.17) is 9.15 Å². The van der Waals surface area contributed by atoms with E-state index in [1.165, 1.54) is 18.2 Å². The fourth-order valence-electron chi connectivity index (χ4n) is 2.18. The van der Waals surface area contributed by atoms with Gasteiger partial charge in [0, 0.05) is 11.5 Å². The van der Waals surface area contributed by atoms with Gasteiger partial charge in [0.25, 0.3) is 0 Å². The van der Waals surface area contributed by atoms with Crippen LogP contribution in [0, 0.1) is 0 Å². The molecule has 0 aliphatic carbocycles. The molecule has 2 aromatic carbocycles. The third-order valence-corrected chi connectivity index (χ3v) is 3.35. The Balaban J connectivity index is 2.04. The zero-order valence-electron chi connectivity index (χ0n) is 13.3. The second-order valence-electron chi connectivity index (χ2n) is 5.08. The number of fused-ring (bicyclic) bond motifs is 1. The van der Waals surface area contributed by atoms with E-state index in [-0.39, 0.29) is 29.2 Å². The number of rotatable bonds is 4. The molecule has 0 spiro atoms. The van der Waals surface area contributed by atoms with E-state index in [1.54, 1.807) is 19.1 Å². The first-order chi connectivity index (χ1) is 12.1. The van der Waals surface area contributed by atoms with Crippen LogP contribution in [-0.4, -0.2) is 17.7 Å². The molecule has 0 amide bonds. The quantitative estimate of drug-likeness (QED) is 0.438. The van der Waals surface area contributed by atoms with Crippen molar-refractivity contribution in [2.75, 3.05) is 6.61 Å². The van der Waals surface area contributed by atoms with Crippen molar-refractivity contribution in [3.63, 3.8) is 0 Å². The van der Waals surface area contributed by atoms with Gasteiger partial charge in [-0.05, 0) is 31.2 Å². The predicted octanol–water partition coefficient (Wildman–Crippen LogP) is 4.09. The number of ether oxygens (including phenoxy) is 1. The van der Waals surface area contributed by atoms with E-state index >= 15 is 0 Å². The van der Waals surface area contributed by atoms with Gasteiger partial charge in [-0.15, -0.1) is 5.11 Å². The van der Waals surface area contributed by atoms with Gasteiger partial charge < -0.3 is 14.3 Å². The van der Waals surface area contributed by atoms with Crippen molar-refractivity contribution in [1.82, 2.24) is 0 Å². The highest BCUT2D eigenvalue weighted by Gasteiger charge is 2.16. The number of benzene rings is 2. The fraction of sp³-hybridized carbons (Fsp3) is 0.111. The summed E-state index contributed by atoms with van der Waals surface area (Å²) >= 11 is 0. The van der Waals surface area contributed by atoms with Crippen LogP contribution < -0.4 is 5.63 Å². The lowest BCUT2D eigenvalue weighted by Gasteiger charge is -2.04. The molecule has 1 heterocycles. The van der Waals surface area contributed by atoms with Crippen molar-refractivity contribution in [3.05, 3.63) is 64.5 Å². The number of esters is 1. The first-order valence-electron chi connectivity index (χ1n) is 7.53. The number of phenolic OH excluding ortho intramolecular Hbond substituents is 1. The van der Waals surface area contributed by atoms with Gasteiger partial charge in [-0.1, -0.05) is 18.2 Å². The summed E-state index contributed by atoms with van der Waals surface area (Å²) in [6.07, 6.45) is 0. The normalized spacial score (nSPS) is 11.1. The first kappa shape index (κ1) is 16.4. The van der Waals surface area contributed by atoms with Crippen LogP contribution in [0.1, 0.15) is 17.3 Å². The molecule has 7 heteroatoms. The molecule has 3 rings (SSSR count). The van der Waals surface area contributed by atoms with E-state index in [2.05, 4.69) is 10.2 Å². The molecular formula is C18H14N2O5. The van der Waals surface area contributed by atoms with Crippen LogP contribution in [0.5, 0.6) is 5.75 Å². The van der Waals surface area contributed by atoms with Crippen LogP contribution in [0.15, 0.2) is 68.0 Å². The van der Waals surface area contributed by atoms with Gasteiger partial charge in [0.15, 0.2) is 0 Å². The standard InChI is InChI=1S/C18H14N2O5/c1-2-24-17(22)13-8-11-9-14(15(21)10-16(11)25-18(13)23)20-19-12-6-4-3-5-7-12/h3-10,21H,2H2,1H3/b20-19+. The maximum Gasteiger partial charge on any atom is 0.351 e.